The highest BCUT2D eigenvalue weighted by Gasteiger charge is 2.72. The summed E-state index contributed by atoms with van der Waals surface area (Å²) in [6, 6.07) is 6.71. The fourth-order valence-corrected chi connectivity index (χ4v) is 7.42. The molecule has 7 rings (SSSR count). The third-order valence-corrected chi connectivity index (χ3v) is 9.16. The maximum Gasteiger partial charge on any atom is 0.204 e. The molecule has 5 aliphatic rings. The minimum Gasteiger partial charge on any atom is -0.486 e. The minimum atomic E-state index is -1.99. The molecule has 2 N–H and O–H groups in total. The Morgan fingerprint density at radius 2 is 1.76 bits per heavy atom. The van der Waals surface area contributed by atoms with Crippen LogP contribution >= 0.6 is 12.4 Å². The first-order valence-electron chi connectivity index (χ1n) is 12.7. The van der Waals surface area contributed by atoms with E-state index in [4.69, 9.17) is 4.74 Å². The van der Waals surface area contributed by atoms with E-state index in [1.54, 1.807) is 42.7 Å². The molecule has 38 heavy (non-hydrogen) atoms. The number of aliphatic hydroxyl groups is 2. The van der Waals surface area contributed by atoms with Crippen LogP contribution in [0.3, 0.4) is 0 Å². The average molecular weight is 534 g/mol. The zero-order chi connectivity index (χ0) is 25.6. The lowest BCUT2D eigenvalue weighted by molar-refractivity contribution is -0.126. The van der Waals surface area contributed by atoms with Crippen molar-refractivity contribution in [1.29, 1.82) is 0 Å². The smallest absolute Gasteiger partial charge is 0.204 e. The first-order valence-corrected chi connectivity index (χ1v) is 12.7. The Bertz CT molecular complexity index is 1430. The van der Waals surface area contributed by atoms with E-state index in [9.17, 15) is 19.8 Å². The lowest BCUT2D eigenvalue weighted by Crippen LogP contribution is -2.67. The van der Waals surface area contributed by atoms with Crippen molar-refractivity contribution in [3.05, 3.63) is 95.3 Å². The summed E-state index contributed by atoms with van der Waals surface area (Å²) in [6.45, 7) is 0.741. The number of hydrogen-bond acceptors (Lipinski definition) is 8. The Hall–Kier alpha value is -3.17. The molecule has 0 aromatic carbocycles. The van der Waals surface area contributed by atoms with Gasteiger partial charge in [0.1, 0.15) is 11.9 Å². The molecule has 2 fully saturated rings. The van der Waals surface area contributed by atoms with Crippen molar-refractivity contribution in [3.8, 4) is 0 Å². The van der Waals surface area contributed by atoms with Gasteiger partial charge in [-0.2, -0.15) is 0 Å². The van der Waals surface area contributed by atoms with Gasteiger partial charge in [-0.25, -0.2) is 0 Å². The molecule has 4 heterocycles. The number of aromatic nitrogens is 2. The quantitative estimate of drug-likeness (QED) is 0.455. The number of hydrogen-bond donors (Lipinski definition) is 2. The van der Waals surface area contributed by atoms with Gasteiger partial charge in [0.2, 0.25) is 11.6 Å². The summed E-state index contributed by atoms with van der Waals surface area (Å²) in [5.74, 6) is -0.880. The van der Waals surface area contributed by atoms with Crippen LogP contribution in [0.25, 0.3) is 0 Å². The number of ketones is 2. The van der Waals surface area contributed by atoms with E-state index in [1.807, 2.05) is 12.2 Å². The van der Waals surface area contributed by atoms with E-state index in [-0.39, 0.29) is 47.7 Å². The van der Waals surface area contributed by atoms with E-state index in [0.29, 0.717) is 6.42 Å². The van der Waals surface area contributed by atoms with Gasteiger partial charge in [0, 0.05) is 65.3 Å². The fourth-order valence-electron chi connectivity index (χ4n) is 7.42. The van der Waals surface area contributed by atoms with E-state index < -0.39 is 34.3 Å². The van der Waals surface area contributed by atoms with E-state index in [2.05, 4.69) is 21.9 Å². The molecule has 3 aliphatic carbocycles. The van der Waals surface area contributed by atoms with Gasteiger partial charge >= 0.3 is 0 Å². The van der Waals surface area contributed by atoms with E-state index in [0.717, 1.165) is 24.1 Å². The molecule has 0 amide bonds. The van der Waals surface area contributed by atoms with Gasteiger partial charge in [0.25, 0.3) is 0 Å². The predicted octanol–water partition coefficient (Wildman–Crippen LogP) is 2.69. The van der Waals surface area contributed by atoms with Gasteiger partial charge in [0.05, 0.1) is 0 Å². The van der Waals surface area contributed by atoms with E-state index >= 15 is 0 Å². The van der Waals surface area contributed by atoms with Crippen molar-refractivity contribution in [2.75, 3.05) is 13.6 Å². The van der Waals surface area contributed by atoms with Gasteiger partial charge in [0.15, 0.2) is 11.2 Å². The number of piperidine rings is 1. The number of nitrogens with zero attached hydrogens (tertiary/aromatic N) is 3. The molecule has 2 aromatic heterocycles. The Morgan fingerprint density at radius 1 is 1.08 bits per heavy atom. The van der Waals surface area contributed by atoms with Crippen molar-refractivity contribution in [1.82, 2.24) is 14.9 Å². The number of likely N-dealkylation sites (tertiary alicyclic amines) is 1. The molecule has 6 atom stereocenters. The number of halogens is 1. The van der Waals surface area contributed by atoms with Gasteiger partial charge < -0.3 is 19.8 Å². The number of Topliss-reactive ketones (excluding diaryl/α,β-unsaturated/α-hetero) is 2. The molecule has 2 bridgehead atoms. The predicted molar refractivity (Wildman–Crippen MR) is 140 cm³/mol. The summed E-state index contributed by atoms with van der Waals surface area (Å²) in [5.41, 5.74) is -2.32. The number of ether oxygens (including phenoxy) is 1. The normalized spacial score (nSPS) is 36.5. The number of carbonyl (C=O) groups is 2. The molecule has 196 valence electrons. The Balaban J connectivity index is 0.00000264. The Morgan fingerprint density at radius 3 is 2.42 bits per heavy atom. The van der Waals surface area contributed by atoms with Crippen molar-refractivity contribution in [2.45, 2.75) is 42.6 Å². The van der Waals surface area contributed by atoms with Crippen LogP contribution in [0.5, 0.6) is 0 Å². The molecule has 1 saturated carbocycles. The van der Waals surface area contributed by atoms with Crippen LogP contribution in [0, 0.1) is 11.3 Å². The summed E-state index contributed by atoms with van der Waals surface area (Å²) in [5, 5.41) is 24.1. The molecule has 8 nitrogen and oxygen atoms in total. The van der Waals surface area contributed by atoms with Gasteiger partial charge in [-0.3, -0.25) is 19.6 Å². The van der Waals surface area contributed by atoms with Crippen LogP contribution in [-0.2, 0) is 4.74 Å². The number of carbonyl (C=O) groups excluding carboxylic acids is 2. The van der Waals surface area contributed by atoms with Crippen LogP contribution in [0.2, 0.25) is 0 Å². The molecule has 2 aromatic rings. The fraction of sp³-hybridized carbons (Fsp3) is 0.379. The van der Waals surface area contributed by atoms with Gasteiger partial charge in [-0.15, -0.1) is 12.4 Å². The standard InChI is InChI=1S/C29H27N3O5.ClH/c1-32-13-10-27-20-7-9-29(36,24(34)19-5-3-12-31-16-19)26(27)37-25-22(27)17(14-21(20)32)6-8-28(25,35)23(33)18-4-2-11-30-15-18;/h2-7,9,11-12,15-16,20-21,26,35-36H,8,10,13-14H2,1H3;1H/t20-,21+,26+,27-,28?,29+;/m0./s1. The summed E-state index contributed by atoms with van der Waals surface area (Å²) in [7, 11) is 2.10. The zero-order valence-corrected chi connectivity index (χ0v) is 21.6. The van der Waals surface area contributed by atoms with Crippen LogP contribution in [0.1, 0.15) is 40.0 Å². The summed E-state index contributed by atoms with van der Waals surface area (Å²) < 4.78 is 6.56. The Labute approximate surface area is 226 Å². The second kappa shape index (κ2) is 8.41. The van der Waals surface area contributed by atoms with Crippen molar-refractivity contribution < 1.29 is 24.5 Å². The van der Waals surface area contributed by atoms with Crippen LogP contribution < -0.4 is 0 Å². The lowest BCUT2D eigenvalue weighted by Gasteiger charge is -2.59. The zero-order valence-electron chi connectivity index (χ0n) is 20.8. The lowest BCUT2D eigenvalue weighted by atomic mass is 9.48. The Kier molecular flexibility index (Phi) is 5.56. The molecular formula is C29H28ClN3O5. The highest BCUT2D eigenvalue weighted by Crippen LogP contribution is 2.67. The molecule has 1 spiro atoms. The molecule has 1 saturated heterocycles. The maximum atomic E-state index is 13.8. The number of rotatable bonds is 4. The summed E-state index contributed by atoms with van der Waals surface area (Å²) in [6.07, 6.45) is 11.9. The molecule has 9 heteroatoms. The summed E-state index contributed by atoms with van der Waals surface area (Å²) in [4.78, 5) is 38.0. The SMILES string of the molecule is CN1CC[C@]23C4=C5O[C@H]2[C@](O)(C(=O)c2cccnc2)C=C[C@H]3[C@H]1CC4=CCC5(O)C(=O)c1cccnc1.Cl. The number of pyridine rings is 2. The topological polar surface area (TPSA) is 113 Å². The first kappa shape index (κ1) is 25.1. The van der Waals surface area contributed by atoms with Crippen LogP contribution in [0.15, 0.2) is 84.2 Å². The first-order chi connectivity index (χ1) is 17.8. The minimum absolute atomic E-state index is 0. The van der Waals surface area contributed by atoms with Crippen LogP contribution in [-0.4, -0.2) is 73.6 Å². The molecule has 0 radical (unpaired) electrons. The highest BCUT2D eigenvalue weighted by molar-refractivity contribution is 6.06. The molecule has 2 aliphatic heterocycles. The average Bonchev–Trinajstić information content (AvgIpc) is 3.30. The maximum absolute atomic E-state index is 13.8. The van der Waals surface area contributed by atoms with Gasteiger partial charge in [-0.1, -0.05) is 12.2 Å². The second-order valence-electron chi connectivity index (χ2n) is 10.9. The van der Waals surface area contributed by atoms with Gasteiger partial charge in [-0.05, 0) is 62.3 Å². The van der Waals surface area contributed by atoms with Crippen molar-refractivity contribution >= 4 is 24.0 Å². The monoisotopic (exact) mass is 533 g/mol. The third-order valence-electron chi connectivity index (χ3n) is 9.16. The van der Waals surface area contributed by atoms with Crippen molar-refractivity contribution in [2.24, 2.45) is 11.3 Å². The third kappa shape index (κ3) is 3.03. The van der Waals surface area contributed by atoms with Crippen molar-refractivity contribution in [3.63, 3.8) is 0 Å². The highest BCUT2D eigenvalue weighted by atomic mass is 35.5. The van der Waals surface area contributed by atoms with E-state index in [1.165, 1.54) is 12.4 Å². The summed E-state index contributed by atoms with van der Waals surface area (Å²) >= 11 is 0. The van der Waals surface area contributed by atoms with Crippen LogP contribution in [0.4, 0.5) is 0 Å². The second-order valence-corrected chi connectivity index (χ2v) is 10.9. The largest absolute Gasteiger partial charge is 0.486 e. The molecular weight excluding hydrogens is 506 g/mol. The molecule has 1 unspecified atom stereocenters.